The minimum Gasteiger partial charge on any atom is -0.315 e. The molecule has 1 rings (SSSR count). The number of hydrogen-bond acceptors (Lipinski definition) is 3. The van der Waals surface area contributed by atoms with Crippen LogP contribution < -0.4 is 5.32 Å². The van der Waals surface area contributed by atoms with E-state index in [1.807, 2.05) is 13.2 Å². The summed E-state index contributed by atoms with van der Waals surface area (Å²) in [7, 11) is 1.89. The predicted octanol–water partition coefficient (Wildman–Crippen LogP) is 0.746. The summed E-state index contributed by atoms with van der Waals surface area (Å²) in [6, 6.07) is 0.562. The highest BCUT2D eigenvalue weighted by Gasteiger charge is 2.02. The van der Waals surface area contributed by atoms with Gasteiger partial charge >= 0.3 is 0 Å². The molecule has 4 nitrogen and oxygen atoms in total. The summed E-state index contributed by atoms with van der Waals surface area (Å²) >= 11 is 0. The van der Waals surface area contributed by atoms with E-state index in [2.05, 4.69) is 29.5 Å². The average molecular weight is 182 g/mol. The Bertz CT molecular complexity index is 244. The SMILES string of the molecule is CCNC(C)CCc1cn(C)nn1. The lowest BCUT2D eigenvalue weighted by Crippen LogP contribution is -2.25. The van der Waals surface area contributed by atoms with E-state index in [0.717, 1.165) is 25.1 Å². The van der Waals surface area contributed by atoms with E-state index in [1.165, 1.54) is 0 Å². The molecule has 13 heavy (non-hydrogen) atoms. The van der Waals surface area contributed by atoms with Crippen LogP contribution in [0.2, 0.25) is 0 Å². The lowest BCUT2D eigenvalue weighted by Gasteiger charge is -2.09. The zero-order chi connectivity index (χ0) is 9.68. The van der Waals surface area contributed by atoms with Gasteiger partial charge in [-0.15, -0.1) is 5.10 Å². The number of nitrogens with one attached hydrogen (secondary N) is 1. The largest absolute Gasteiger partial charge is 0.315 e. The number of rotatable bonds is 5. The van der Waals surface area contributed by atoms with E-state index in [0.29, 0.717) is 6.04 Å². The third kappa shape index (κ3) is 3.55. The maximum Gasteiger partial charge on any atom is 0.0827 e. The van der Waals surface area contributed by atoms with Crippen molar-refractivity contribution in [1.82, 2.24) is 20.3 Å². The van der Waals surface area contributed by atoms with Crippen LogP contribution >= 0.6 is 0 Å². The highest BCUT2D eigenvalue weighted by molar-refractivity contribution is 4.92. The molecular formula is C9H18N4. The van der Waals surface area contributed by atoms with Gasteiger partial charge in [0, 0.05) is 19.3 Å². The monoisotopic (exact) mass is 182 g/mol. The van der Waals surface area contributed by atoms with Crippen LogP contribution in [-0.4, -0.2) is 27.6 Å². The summed E-state index contributed by atoms with van der Waals surface area (Å²) < 4.78 is 1.74. The second-order valence-corrected chi connectivity index (χ2v) is 3.38. The van der Waals surface area contributed by atoms with Crippen molar-refractivity contribution in [3.8, 4) is 0 Å². The first-order valence-corrected chi connectivity index (χ1v) is 4.81. The van der Waals surface area contributed by atoms with Gasteiger partial charge in [0.25, 0.3) is 0 Å². The summed E-state index contributed by atoms with van der Waals surface area (Å²) in [6.07, 6.45) is 4.09. The van der Waals surface area contributed by atoms with Crippen LogP contribution in [0.4, 0.5) is 0 Å². The van der Waals surface area contributed by atoms with Gasteiger partial charge in [0.15, 0.2) is 0 Å². The number of nitrogens with zero attached hydrogens (tertiary/aromatic N) is 3. The molecule has 74 valence electrons. The topological polar surface area (TPSA) is 42.7 Å². The van der Waals surface area contributed by atoms with Gasteiger partial charge in [-0.05, 0) is 26.3 Å². The number of aromatic nitrogens is 3. The van der Waals surface area contributed by atoms with Crippen LogP contribution in [0.15, 0.2) is 6.20 Å². The first-order chi connectivity index (χ1) is 6.22. The smallest absolute Gasteiger partial charge is 0.0827 e. The molecule has 0 fully saturated rings. The molecule has 0 saturated heterocycles. The fourth-order valence-corrected chi connectivity index (χ4v) is 1.32. The van der Waals surface area contributed by atoms with Gasteiger partial charge in [0.1, 0.15) is 0 Å². The minimum absolute atomic E-state index is 0.562. The van der Waals surface area contributed by atoms with Gasteiger partial charge in [0.05, 0.1) is 5.69 Å². The molecule has 1 unspecified atom stereocenters. The standard InChI is InChI=1S/C9H18N4/c1-4-10-8(2)5-6-9-7-13(3)12-11-9/h7-8,10H,4-6H2,1-3H3. The molecule has 0 aromatic carbocycles. The summed E-state index contributed by atoms with van der Waals surface area (Å²) in [5.74, 6) is 0. The van der Waals surface area contributed by atoms with E-state index in [-0.39, 0.29) is 0 Å². The van der Waals surface area contributed by atoms with Crippen molar-refractivity contribution in [1.29, 1.82) is 0 Å². The summed E-state index contributed by atoms with van der Waals surface area (Å²) in [4.78, 5) is 0. The van der Waals surface area contributed by atoms with Crippen LogP contribution in [0.1, 0.15) is 26.0 Å². The second kappa shape index (κ2) is 4.97. The Morgan fingerprint density at radius 2 is 2.38 bits per heavy atom. The van der Waals surface area contributed by atoms with E-state index < -0.39 is 0 Å². The normalized spacial score (nSPS) is 13.2. The lowest BCUT2D eigenvalue weighted by molar-refractivity contribution is 0.527. The molecule has 1 N–H and O–H groups in total. The molecule has 0 bridgehead atoms. The first-order valence-electron chi connectivity index (χ1n) is 4.81. The summed E-state index contributed by atoms with van der Waals surface area (Å²) in [6.45, 7) is 5.35. The van der Waals surface area contributed by atoms with E-state index >= 15 is 0 Å². The maximum atomic E-state index is 4.03. The molecule has 1 atom stereocenters. The van der Waals surface area contributed by atoms with E-state index in [9.17, 15) is 0 Å². The van der Waals surface area contributed by atoms with E-state index in [4.69, 9.17) is 0 Å². The van der Waals surface area contributed by atoms with Gasteiger partial charge in [-0.25, -0.2) is 0 Å². The van der Waals surface area contributed by atoms with Crippen LogP contribution in [0.25, 0.3) is 0 Å². The van der Waals surface area contributed by atoms with Crippen LogP contribution in [-0.2, 0) is 13.5 Å². The van der Waals surface area contributed by atoms with Gasteiger partial charge in [-0.1, -0.05) is 12.1 Å². The molecule has 0 spiro atoms. The predicted molar refractivity (Wildman–Crippen MR) is 52.5 cm³/mol. The molecule has 0 radical (unpaired) electrons. The molecule has 1 aromatic rings. The average Bonchev–Trinajstić information content (AvgIpc) is 2.49. The van der Waals surface area contributed by atoms with Crippen LogP contribution in [0.3, 0.4) is 0 Å². The van der Waals surface area contributed by atoms with Crippen molar-refractivity contribution in [2.45, 2.75) is 32.7 Å². The van der Waals surface area contributed by atoms with Crippen molar-refractivity contribution in [3.05, 3.63) is 11.9 Å². The Balaban J connectivity index is 2.26. The van der Waals surface area contributed by atoms with Gasteiger partial charge in [-0.3, -0.25) is 4.68 Å². The Labute approximate surface area is 79.3 Å². The van der Waals surface area contributed by atoms with Crippen molar-refractivity contribution in [2.24, 2.45) is 7.05 Å². The Morgan fingerprint density at radius 1 is 1.62 bits per heavy atom. The van der Waals surface area contributed by atoms with Crippen molar-refractivity contribution in [2.75, 3.05) is 6.54 Å². The Kier molecular flexibility index (Phi) is 3.89. The molecule has 0 aliphatic heterocycles. The molecule has 4 heteroatoms. The second-order valence-electron chi connectivity index (χ2n) is 3.38. The minimum atomic E-state index is 0.562. The van der Waals surface area contributed by atoms with Gasteiger partial charge in [0.2, 0.25) is 0 Å². The van der Waals surface area contributed by atoms with E-state index in [1.54, 1.807) is 4.68 Å². The third-order valence-corrected chi connectivity index (χ3v) is 2.04. The van der Waals surface area contributed by atoms with Gasteiger partial charge in [-0.2, -0.15) is 0 Å². The molecule has 0 aliphatic carbocycles. The molecule has 1 heterocycles. The number of hydrogen-bond donors (Lipinski definition) is 1. The molecule has 1 aromatic heterocycles. The zero-order valence-electron chi connectivity index (χ0n) is 8.62. The van der Waals surface area contributed by atoms with Crippen molar-refractivity contribution in [3.63, 3.8) is 0 Å². The first kappa shape index (κ1) is 10.2. The quantitative estimate of drug-likeness (QED) is 0.730. The molecule has 0 saturated carbocycles. The fraction of sp³-hybridized carbons (Fsp3) is 0.778. The third-order valence-electron chi connectivity index (χ3n) is 2.04. The summed E-state index contributed by atoms with van der Waals surface area (Å²) in [5, 5.41) is 11.3. The van der Waals surface area contributed by atoms with Crippen LogP contribution in [0, 0.1) is 0 Å². The summed E-state index contributed by atoms with van der Waals surface area (Å²) in [5.41, 5.74) is 1.08. The molecule has 0 aliphatic rings. The maximum absolute atomic E-state index is 4.03. The lowest BCUT2D eigenvalue weighted by atomic mass is 10.1. The van der Waals surface area contributed by atoms with Crippen LogP contribution in [0.5, 0.6) is 0 Å². The highest BCUT2D eigenvalue weighted by atomic mass is 15.4. The van der Waals surface area contributed by atoms with Crippen molar-refractivity contribution >= 4 is 0 Å². The highest BCUT2D eigenvalue weighted by Crippen LogP contribution is 2.00. The zero-order valence-corrected chi connectivity index (χ0v) is 8.62. The van der Waals surface area contributed by atoms with Gasteiger partial charge < -0.3 is 5.32 Å². The molecular weight excluding hydrogens is 164 g/mol. The van der Waals surface area contributed by atoms with Crippen molar-refractivity contribution < 1.29 is 0 Å². The number of aryl methyl sites for hydroxylation is 2. The Morgan fingerprint density at radius 3 is 2.92 bits per heavy atom. The Hall–Kier alpha value is -0.900. The fourth-order valence-electron chi connectivity index (χ4n) is 1.32. The molecule has 0 amide bonds.